The van der Waals surface area contributed by atoms with Crippen LogP contribution < -0.4 is 15.1 Å². The highest BCUT2D eigenvalue weighted by molar-refractivity contribution is 5.82. The predicted octanol–water partition coefficient (Wildman–Crippen LogP) is 3.77. The van der Waals surface area contributed by atoms with Gasteiger partial charge in [-0.3, -0.25) is 4.79 Å². The van der Waals surface area contributed by atoms with Crippen molar-refractivity contribution in [1.29, 1.82) is 0 Å². The molecule has 1 aliphatic rings. The second-order valence-electron chi connectivity index (χ2n) is 5.92. The highest BCUT2D eigenvalue weighted by Gasteiger charge is 2.23. The molecule has 0 amide bonds. The molecule has 0 fully saturated rings. The first-order valence-corrected chi connectivity index (χ1v) is 7.62. The van der Waals surface area contributed by atoms with Gasteiger partial charge in [-0.1, -0.05) is 18.2 Å². The summed E-state index contributed by atoms with van der Waals surface area (Å²) in [5, 5.41) is 0.596. The minimum absolute atomic E-state index is 0.0294. The van der Waals surface area contributed by atoms with Crippen molar-refractivity contribution in [3.05, 3.63) is 69.6 Å². The monoisotopic (exact) mass is 307 g/mol. The quantitative estimate of drug-likeness (QED) is 0.686. The molecule has 4 heteroatoms. The van der Waals surface area contributed by atoms with Crippen molar-refractivity contribution < 1.29 is 9.15 Å². The lowest BCUT2D eigenvalue weighted by molar-refractivity contribution is 0.289. The Hall–Kier alpha value is -2.75. The van der Waals surface area contributed by atoms with Crippen LogP contribution in [0.4, 0.5) is 5.69 Å². The van der Waals surface area contributed by atoms with Crippen LogP contribution in [-0.4, -0.2) is 6.73 Å². The van der Waals surface area contributed by atoms with Gasteiger partial charge in [-0.25, -0.2) is 0 Å². The number of para-hydroxylation sites is 1. The number of ether oxygens (including phenoxy) is 1. The SMILES string of the molecule is Cc1cccc(C)c1N1COc2ccc3c(=O)ccoc3c2C1. The Bertz CT molecular complexity index is 938. The van der Waals surface area contributed by atoms with E-state index in [-0.39, 0.29) is 5.43 Å². The number of fused-ring (bicyclic) bond motifs is 3. The van der Waals surface area contributed by atoms with Crippen LogP contribution in [0, 0.1) is 13.8 Å². The van der Waals surface area contributed by atoms with Crippen LogP contribution in [0.2, 0.25) is 0 Å². The molecular formula is C19H17NO3. The van der Waals surface area contributed by atoms with Crippen LogP contribution in [0.1, 0.15) is 16.7 Å². The van der Waals surface area contributed by atoms with Gasteiger partial charge in [-0.05, 0) is 37.1 Å². The number of aryl methyl sites for hydroxylation is 2. The van der Waals surface area contributed by atoms with Gasteiger partial charge in [0, 0.05) is 11.8 Å². The molecule has 0 unspecified atom stereocenters. The lowest BCUT2D eigenvalue weighted by Crippen LogP contribution is -2.33. The zero-order valence-electron chi connectivity index (χ0n) is 13.1. The van der Waals surface area contributed by atoms with Gasteiger partial charge < -0.3 is 14.1 Å². The van der Waals surface area contributed by atoms with Crippen molar-refractivity contribution >= 4 is 16.7 Å². The molecule has 23 heavy (non-hydrogen) atoms. The third kappa shape index (κ3) is 2.18. The van der Waals surface area contributed by atoms with Gasteiger partial charge in [0.1, 0.15) is 11.3 Å². The molecule has 116 valence electrons. The molecule has 0 bridgehead atoms. The summed E-state index contributed by atoms with van der Waals surface area (Å²) in [6.07, 6.45) is 1.45. The third-order valence-corrected chi connectivity index (χ3v) is 4.37. The summed E-state index contributed by atoms with van der Waals surface area (Å²) in [6, 6.07) is 11.3. The van der Waals surface area contributed by atoms with Gasteiger partial charge >= 0.3 is 0 Å². The van der Waals surface area contributed by atoms with E-state index in [9.17, 15) is 4.79 Å². The first kappa shape index (κ1) is 13.9. The average molecular weight is 307 g/mol. The molecule has 3 aromatic rings. The summed E-state index contributed by atoms with van der Waals surface area (Å²) in [5.41, 5.74) is 5.10. The largest absolute Gasteiger partial charge is 0.473 e. The van der Waals surface area contributed by atoms with Crippen LogP contribution in [0.25, 0.3) is 11.0 Å². The van der Waals surface area contributed by atoms with Crippen LogP contribution >= 0.6 is 0 Å². The first-order valence-electron chi connectivity index (χ1n) is 7.62. The summed E-state index contributed by atoms with van der Waals surface area (Å²) in [5.74, 6) is 0.786. The molecule has 0 saturated carbocycles. The van der Waals surface area contributed by atoms with E-state index in [1.54, 1.807) is 6.07 Å². The zero-order chi connectivity index (χ0) is 16.0. The van der Waals surface area contributed by atoms with E-state index in [0.29, 0.717) is 24.2 Å². The number of hydrogen-bond donors (Lipinski definition) is 0. The van der Waals surface area contributed by atoms with Gasteiger partial charge in [-0.15, -0.1) is 0 Å². The second-order valence-corrected chi connectivity index (χ2v) is 5.92. The summed E-state index contributed by atoms with van der Waals surface area (Å²) in [7, 11) is 0. The topological polar surface area (TPSA) is 42.7 Å². The van der Waals surface area contributed by atoms with Gasteiger partial charge in [0.25, 0.3) is 0 Å². The fourth-order valence-corrected chi connectivity index (χ4v) is 3.31. The maximum atomic E-state index is 12.0. The van der Waals surface area contributed by atoms with Crippen LogP contribution in [0.15, 0.2) is 51.9 Å². The maximum absolute atomic E-state index is 12.0. The van der Waals surface area contributed by atoms with Gasteiger partial charge in [0.15, 0.2) is 12.2 Å². The maximum Gasteiger partial charge on any atom is 0.192 e. The van der Waals surface area contributed by atoms with Gasteiger partial charge in [-0.2, -0.15) is 0 Å². The predicted molar refractivity (Wildman–Crippen MR) is 90.1 cm³/mol. The normalized spacial score (nSPS) is 13.7. The average Bonchev–Trinajstić information content (AvgIpc) is 2.55. The standard InChI is InChI=1S/C19H17NO3/c1-12-4-3-5-13(2)18(12)20-10-15-17(23-11-20)7-6-14-16(21)8-9-22-19(14)15/h3-9H,10-11H2,1-2H3. The van der Waals surface area contributed by atoms with E-state index in [1.807, 2.05) is 6.07 Å². The van der Waals surface area contributed by atoms with Gasteiger partial charge in [0.05, 0.1) is 23.8 Å². The summed E-state index contributed by atoms with van der Waals surface area (Å²) in [4.78, 5) is 14.2. The molecule has 0 aliphatic carbocycles. The van der Waals surface area contributed by atoms with E-state index in [4.69, 9.17) is 9.15 Å². The highest BCUT2D eigenvalue weighted by atomic mass is 16.5. The second kappa shape index (κ2) is 5.16. The number of rotatable bonds is 1. The fourth-order valence-electron chi connectivity index (χ4n) is 3.31. The van der Waals surface area contributed by atoms with Crippen molar-refractivity contribution in [2.45, 2.75) is 20.4 Å². The lowest BCUT2D eigenvalue weighted by Gasteiger charge is -2.33. The Balaban J connectivity index is 1.86. The van der Waals surface area contributed by atoms with Crippen LogP contribution in [0.5, 0.6) is 5.75 Å². The number of anilines is 1. The zero-order valence-corrected chi connectivity index (χ0v) is 13.1. The molecule has 1 aromatic heterocycles. The van der Waals surface area contributed by atoms with E-state index in [1.165, 1.54) is 29.1 Å². The summed E-state index contributed by atoms with van der Waals surface area (Å²) in [6.45, 7) is 5.34. The van der Waals surface area contributed by atoms with Crippen molar-refractivity contribution in [3.63, 3.8) is 0 Å². The lowest BCUT2D eigenvalue weighted by atomic mass is 10.0. The molecule has 1 aliphatic heterocycles. The van der Waals surface area contributed by atoms with Crippen molar-refractivity contribution in [2.75, 3.05) is 11.6 Å². The molecule has 4 rings (SSSR count). The Morgan fingerprint density at radius 2 is 1.83 bits per heavy atom. The first-order chi connectivity index (χ1) is 11.1. The molecule has 0 atom stereocenters. The third-order valence-electron chi connectivity index (χ3n) is 4.37. The molecule has 2 heterocycles. The van der Waals surface area contributed by atoms with Crippen LogP contribution in [-0.2, 0) is 6.54 Å². The van der Waals surface area contributed by atoms with Crippen molar-refractivity contribution in [1.82, 2.24) is 0 Å². The molecule has 0 radical (unpaired) electrons. The van der Waals surface area contributed by atoms with Crippen LogP contribution in [0.3, 0.4) is 0 Å². The number of benzene rings is 2. The minimum Gasteiger partial charge on any atom is -0.473 e. The van der Waals surface area contributed by atoms with E-state index in [2.05, 4.69) is 36.9 Å². The number of hydrogen-bond acceptors (Lipinski definition) is 4. The Morgan fingerprint density at radius 1 is 1.04 bits per heavy atom. The number of nitrogens with zero attached hydrogens (tertiary/aromatic N) is 1. The Labute approximate surface area is 133 Å². The highest BCUT2D eigenvalue weighted by Crippen LogP contribution is 2.35. The summed E-state index contributed by atoms with van der Waals surface area (Å²) < 4.78 is 11.5. The van der Waals surface area contributed by atoms with E-state index < -0.39 is 0 Å². The van der Waals surface area contributed by atoms with E-state index >= 15 is 0 Å². The molecule has 0 saturated heterocycles. The minimum atomic E-state index is -0.0294. The molecule has 2 aromatic carbocycles. The molecule has 0 N–H and O–H groups in total. The van der Waals surface area contributed by atoms with Crippen molar-refractivity contribution in [3.8, 4) is 5.75 Å². The Kier molecular flexibility index (Phi) is 3.11. The molecular weight excluding hydrogens is 290 g/mol. The van der Waals surface area contributed by atoms with Gasteiger partial charge in [0.2, 0.25) is 0 Å². The molecule has 4 nitrogen and oxygen atoms in total. The van der Waals surface area contributed by atoms with E-state index in [0.717, 1.165) is 11.3 Å². The smallest absolute Gasteiger partial charge is 0.192 e. The van der Waals surface area contributed by atoms with Crippen molar-refractivity contribution in [2.24, 2.45) is 0 Å². The fraction of sp³-hybridized carbons (Fsp3) is 0.211. The summed E-state index contributed by atoms with van der Waals surface area (Å²) >= 11 is 0. The molecule has 0 spiro atoms. The Morgan fingerprint density at radius 3 is 2.61 bits per heavy atom.